The highest BCUT2D eigenvalue weighted by molar-refractivity contribution is 5.91. The molecule has 0 saturated heterocycles. The van der Waals surface area contributed by atoms with Crippen molar-refractivity contribution in [2.75, 3.05) is 13.2 Å². The zero-order chi connectivity index (χ0) is 29.3. The first-order chi connectivity index (χ1) is 17.6. The minimum absolute atomic E-state index is 0.137. The Balaban J connectivity index is 3.10. The lowest BCUT2D eigenvalue weighted by atomic mass is 9.84. The van der Waals surface area contributed by atoms with Crippen LogP contribution in [0.25, 0.3) is 0 Å². The van der Waals surface area contributed by atoms with Crippen molar-refractivity contribution in [2.45, 2.75) is 91.4 Å². The van der Waals surface area contributed by atoms with Gasteiger partial charge in [0.2, 0.25) is 11.8 Å². The summed E-state index contributed by atoms with van der Waals surface area (Å²) >= 11 is 0. The molecule has 1 aromatic rings. The number of ether oxygens (including phenoxy) is 2. The van der Waals surface area contributed by atoms with Gasteiger partial charge in [0.25, 0.3) is 0 Å². The molecule has 1 rings (SSSR count). The van der Waals surface area contributed by atoms with Crippen molar-refractivity contribution in [3.8, 4) is 0 Å². The number of nitrogens with one attached hydrogen (secondary N) is 2. The van der Waals surface area contributed by atoms with E-state index in [-0.39, 0.29) is 37.9 Å². The summed E-state index contributed by atoms with van der Waals surface area (Å²) in [5.74, 6) is -2.41. The van der Waals surface area contributed by atoms with E-state index in [0.717, 1.165) is 11.1 Å². The SMILES string of the molecule is CCOC(=O)[C@@H](NC(=O)[C@](C)(N)Cc1ccccc1C[C@@](C)(N)C(=O)N[C@H](C(=O)OCC)C(C)C)C(C)C. The number of amides is 2. The third-order valence-corrected chi connectivity index (χ3v) is 6.26. The number of carbonyl (C=O) groups excluding carboxylic acids is 4. The summed E-state index contributed by atoms with van der Waals surface area (Å²) in [7, 11) is 0. The molecule has 10 heteroatoms. The molecule has 0 spiro atoms. The zero-order valence-corrected chi connectivity index (χ0v) is 24.1. The molecule has 0 aliphatic rings. The summed E-state index contributed by atoms with van der Waals surface area (Å²) in [5, 5.41) is 5.46. The zero-order valence-electron chi connectivity index (χ0n) is 24.1. The second kappa shape index (κ2) is 14.2. The highest BCUT2D eigenvalue weighted by atomic mass is 16.5. The Morgan fingerprint density at radius 3 is 1.32 bits per heavy atom. The maximum atomic E-state index is 13.1. The molecule has 4 atom stereocenters. The third-order valence-electron chi connectivity index (χ3n) is 6.26. The number of hydrogen-bond acceptors (Lipinski definition) is 8. The fourth-order valence-electron chi connectivity index (χ4n) is 3.93. The normalized spacial score (nSPS) is 16.1. The molecule has 0 unspecified atom stereocenters. The highest BCUT2D eigenvalue weighted by Crippen LogP contribution is 2.21. The summed E-state index contributed by atoms with van der Waals surface area (Å²) in [4.78, 5) is 50.9. The molecule has 214 valence electrons. The predicted octanol–water partition coefficient (Wildman–Crippen LogP) is 1.61. The molecule has 38 heavy (non-hydrogen) atoms. The van der Waals surface area contributed by atoms with Crippen LogP contribution in [0, 0.1) is 11.8 Å². The summed E-state index contributed by atoms with van der Waals surface area (Å²) in [6.45, 7) is 14.2. The van der Waals surface area contributed by atoms with Crippen LogP contribution in [0.3, 0.4) is 0 Å². The van der Waals surface area contributed by atoms with Gasteiger partial charge in [0.15, 0.2) is 0 Å². The van der Waals surface area contributed by atoms with Crippen molar-refractivity contribution in [1.82, 2.24) is 10.6 Å². The van der Waals surface area contributed by atoms with E-state index in [1.807, 2.05) is 52.0 Å². The molecule has 0 saturated carbocycles. The van der Waals surface area contributed by atoms with Crippen LogP contribution in [0.1, 0.15) is 66.5 Å². The Morgan fingerprint density at radius 2 is 1.05 bits per heavy atom. The molecule has 0 aliphatic carbocycles. The molecule has 2 amide bonds. The van der Waals surface area contributed by atoms with Gasteiger partial charge in [0, 0.05) is 0 Å². The fraction of sp³-hybridized carbons (Fsp3) is 0.643. The van der Waals surface area contributed by atoms with Crippen molar-refractivity contribution in [3.05, 3.63) is 35.4 Å². The monoisotopic (exact) mass is 534 g/mol. The first-order valence-corrected chi connectivity index (χ1v) is 13.2. The molecule has 0 aromatic heterocycles. The van der Waals surface area contributed by atoms with Crippen molar-refractivity contribution < 1.29 is 28.7 Å². The number of benzene rings is 1. The predicted molar refractivity (Wildman–Crippen MR) is 146 cm³/mol. The van der Waals surface area contributed by atoms with Gasteiger partial charge in [-0.2, -0.15) is 0 Å². The van der Waals surface area contributed by atoms with Crippen molar-refractivity contribution in [3.63, 3.8) is 0 Å². The van der Waals surface area contributed by atoms with Crippen molar-refractivity contribution in [1.29, 1.82) is 0 Å². The Hall–Kier alpha value is -2.98. The first kappa shape index (κ1) is 33.0. The standard InChI is InChI=1S/C28H46N4O6/c1-9-37-23(33)21(17(3)4)31-25(35)27(7,29)15-19-13-11-12-14-20(19)16-28(8,30)26(36)32-22(18(5)6)24(34)38-10-2/h11-14,17-18,21-22H,9-10,15-16,29-30H2,1-8H3,(H,31,35)(H,32,36)/t21-,22-,27+,28+/m0/s1. The van der Waals surface area contributed by atoms with Gasteiger partial charge in [-0.15, -0.1) is 0 Å². The smallest absolute Gasteiger partial charge is 0.328 e. The Kier molecular flexibility index (Phi) is 12.4. The third kappa shape index (κ3) is 9.40. The van der Waals surface area contributed by atoms with E-state index in [9.17, 15) is 19.2 Å². The van der Waals surface area contributed by atoms with Crippen molar-refractivity contribution >= 4 is 23.8 Å². The van der Waals surface area contributed by atoms with E-state index in [2.05, 4.69) is 10.6 Å². The molecule has 1 aromatic carbocycles. The average Bonchev–Trinajstić information content (AvgIpc) is 2.81. The Morgan fingerprint density at radius 1 is 0.737 bits per heavy atom. The molecule has 10 nitrogen and oxygen atoms in total. The van der Waals surface area contributed by atoms with Crippen LogP contribution < -0.4 is 22.1 Å². The molecular formula is C28H46N4O6. The minimum Gasteiger partial charge on any atom is -0.464 e. The second-order valence-corrected chi connectivity index (χ2v) is 10.9. The number of nitrogens with two attached hydrogens (primary N) is 2. The van der Waals surface area contributed by atoms with E-state index in [1.54, 1.807) is 27.7 Å². The van der Waals surface area contributed by atoms with E-state index < -0.39 is 46.9 Å². The quantitative estimate of drug-likeness (QED) is 0.262. The lowest BCUT2D eigenvalue weighted by molar-refractivity contribution is -0.149. The van der Waals surface area contributed by atoms with Crippen LogP contribution in [0.5, 0.6) is 0 Å². The first-order valence-electron chi connectivity index (χ1n) is 13.2. The second-order valence-electron chi connectivity index (χ2n) is 10.9. The van der Waals surface area contributed by atoms with Crippen LogP contribution in [-0.2, 0) is 41.5 Å². The molecular weight excluding hydrogens is 488 g/mol. The van der Waals surface area contributed by atoms with E-state index in [1.165, 1.54) is 0 Å². The van der Waals surface area contributed by atoms with Crippen molar-refractivity contribution in [2.24, 2.45) is 23.3 Å². The average molecular weight is 535 g/mol. The lowest BCUT2D eigenvalue weighted by Gasteiger charge is -2.31. The number of rotatable bonds is 14. The maximum absolute atomic E-state index is 13.1. The molecule has 0 radical (unpaired) electrons. The number of carbonyl (C=O) groups is 4. The Labute approximate surface area is 226 Å². The molecule has 6 N–H and O–H groups in total. The van der Waals surface area contributed by atoms with Crippen LogP contribution in [-0.4, -0.2) is 60.1 Å². The molecule has 0 heterocycles. The van der Waals surface area contributed by atoms with E-state index in [0.29, 0.717) is 0 Å². The van der Waals surface area contributed by atoms with E-state index in [4.69, 9.17) is 20.9 Å². The number of esters is 2. The topological polar surface area (TPSA) is 163 Å². The van der Waals surface area contributed by atoms with Gasteiger partial charge in [-0.25, -0.2) is 9.59 Å². The van der Waals surface area contributed by atoms with E-state index >= 15 is 0 Å². The summed E-state index contributed by atoms with van der Waals surface area (Å²) in [6, 6.07) is 5.61. The van der Waals surface area contributed by atoms with Gasteiger partial charge in [-0.05, 0) is 63.5 Å². The lowest BCUT2D eigenvalue weighted by Crippen LogP contribution is -2.59. The van der Waals surface area contributed by atoms with Crippen LogP contribution >= 0.6 is 0 Å². The summed E-state index contributed by atoms with van der Waals surface area (Å²) in [6.07, 6.45) is 0.273. The van der Waals surface area contributed by atoms with Crippen LogP contribution in [0.2, 0.25) is 0 Å². The maximum Gasteiger partial charge on any atom is 0.328 e. The van der Waals surface area contributed by atoms with Gasteiger partial charge in [-0.3, -0.25) is 9.59 Å². The summed E-state index contributed by atoms with van der Waals surface area (Å²) in [5.41, 5.74) is 11.6. The number of hydrogen-bond donors (Lipinski definition) is 4. The van der Waals surface area contributed by atoms with Gasteiger partial charge in [-0.1, -0.05) is 52.0 Å². The summed E-state index contributed by atoms with van der Waals surface area (Å²) < 4.78 is 10.2. The highest BCUT2D eigenvalue weighted by Gasteiger charge is 2.37. The minimum atomic E-state index is -1.37. The van der Waals surface area contributed by atoms with Gasteiger partial charge < -0.3 is 31.6 Å². The van der Waals surface area contributed by atoms with Crippen LogP contribution in [0.15, 0.2) is 24.3 Å². The van der Waals surface area contributed by atoms with Gasteiger partial charge in [0.1, 0.15) is 12.1 Å². The largest absolute Gasteiger partial charge is 0.464 e. The van der Waals surface area contributed by atoms with Gasteiger partial charge in [0.05, 0.1) is 24.3 Å². The molecule has 0 fully saturated rings. The molecule has 0 aliphatic heterocycles. The molecule has 0 bridgehead atoms. The fourth-order valence-corrected chi connectivity index (χ4v) is 3.93. The Bertz CT molecular complexity index is 897. The van der Waals surface area contributed by atoms with Gasteiger partial charge >= 0.3 is 11.9 Å². The van der Waals surface area contributed by atoms with Crippen LogP contribution in [0.4, 0.5) is 0 Å².